The molecule has 1 heterocycles. The summed E-state index contributed by atoms with van der Waals surface area (Å²) in [6.45, 7) is 4.35. The summed E-state index contributed by atoms with van der Waals surface area (Å²) >= 11 is 1.39. The zero-order valence-electron chi connectivity index (χ0n) is 8.99. The van der Waals surface area contributed by atoms with E-state index in [0.29, 0.717) is 18.9 Å². The van der Waals surface area contributed by atoms with Crippen molar-refractivity contribution in [2.24, 2.45) is 5.92 Å². The fraction of sp³-hybridized carbons (Fsp3) is 0.900. The van der Waals surface area contributed by atoms with Crippen LogP contribution in [0.2, 0.25) is 0 Å². The summed E-state index contributed by atoms with van der Waals surface area (Å²) in [7, 11) is 0. The molecule has 0 aromatic rings. The summed E-state index contributed by atoms with van der Waals surface area (Å²) in [4.78, 5) is 12.4. The Morgan fingerprint density at radius 2 is 2.33 bits per heavy atom. The molecule has 5 heteroatoms. The van der Waals surface area contributed by atoms with Crippen LogP contribution in [0.5, 0.6) is 0 Å². The molecule has 0 aromatic carbocycles. The first-order chi connectivity index (χ1) is 7.11. The molecule has 1 saturated heterocycles. The number of alkyl halides is 1. The predicted molar refractivity (Wildman–Crippen MR) is 60.1 cm³/mol. The Balaban J connectivity index is 2.25. The zero-order valence-corrected chi connectivity index (χ0v) is 9.80. The van der Waals surface area contributed by atoms with Gasteiger partial charge in [0.25, 0.3) is 0 Å². The third kappa shape index (κ3) is 4.84. The number of likely N-dealkylation sites (tertiary alicyclic amines) is 1. The number of piperidine rings is 1. The largest absolute Gasteiger partial charge is 0.481 e. The molecule has 0 aromatic heterocycles. The molecule has 3 nitrogen and oxygen atoms in total. The van der Waals surface area contributed by atoms with Crippen molar-refractivity contribution < 1.29 is 14.3 Å². The van der Waals surface area contributed by atoms with Crippen LogP contribution >= 0.6 is 11.8 Å². The quantitative estimate of drug-likeness (QED) is 0.783. The Hall–Kier alpha value is -0.290. The molecule has 1 rings (SSSR count). The number of hydrogen-bond donors (Lipinski definition) is 1. The van der Waals surface area contributed by atoms with E-state index in [4.69, 9.17) is 5.11 Å². The maximum absolute atomic E-state index is 13.3. The van der Waals surface area contributed by atoms with E-state index < -0.39 is 12.1 Å². The Kier molecular flexibility index (Phi) is 5.39. The van der Waals surface area contributed by atoms with Crippen LogP contribution in [0.15, 0.2) is 0 Å². The first-order valence-corrected chi connectivity index (χ1v) is 6.43. The lowest BCUT2D eigenvalue weighted by molar-refractivity contribution is -0.133. The minimum Gasteiger partial charge on any atom is -0.481 e. The van der Waals surface area contributed by atoms with Gasteiger partial charge in [0.2, 0.25) is 0 Å². The lowest BCUT2D eigenvalue weighted by Gasteiger charge is -2.33. The minimum absolute atomic E-state index is 0.125. The van der Waals surface area contributed by atoms with E-state index in [-0.39, 0.29) is 5.75 Å². The van der Waals surface area contributed by atoms with Crippen LogP contribution in [-0.2, 0) is 4.79 Å². The summed E-state index contributed by atoms with van der Waals surface area (Å²) in [6.07, 6.45) is -0.155. The zero-order chi connectivity index (χ0) is 11.3. The third-order valence-corrected chi connectivity index (χ3v) is 3.75. The van der Waals surface area contributed by atoms with Gasteiger partial charge < -0.3 is 10.0 Å². The first-order valence-electron chi connectivity index (χ1n) is 5.27. The number of hydrogen-bond acceptors (Lipinski definition) is 3. The Morgan fingerprint density at radius 1 is 1.60 bits per heavy atom. The molecule has 2 unspecified atom stereocenters. The molecule has 15 heavy (non-hydrogen) atoms. The molecular formula is C10H18FNO2S. The van der Waals surface area contributed by atoms with Gasteiger partial charge in [-0.1, -0.05) is 6.92 Å². The Labute approximate surface area is 94.0 Å². The average molecular weight is 235 g/mol. The minimum atomic E-state index is -0.792. The van der Waals surface area contributed by atoms with E-state index in [2.05, 4.69) is 4.90 Å². The summed E-state index contributed by atoms with van der Waals surface area (Å²) in [5.74, 6) is 0.390. The topological polar surface area (TPSA) is 40.5 Å². The number of thioether (sulfide) groups is 1. The van der Waals surface area contributed by atoms with Crippen LogP contribution in [-0.4, -0.2) is 53.3 Å². The van der Waals surface area contributed by atoms with Crippen molar-refractivity contribution >= 4 is 17.7 Å². The summed E-state index contributed by atoms with van der Waals surface area (Å²) in [5.41, 5.74) is 0. The summed E-state index contributed by atoms with van der Waals surface area (Å²) < 4.78 is 13.3. The monoisotopic (exact) mass is 235 g/mol. The van der Waals surface area contributed by atoms with Crippen LogP contribution in [0.3, 0.4) is 0 Å². The first kappa shape index (κ1) is 12.8. The smallest absolute Gasteiger partial charge is 0.313 e. The molecule has 1 N–H and O–H groups in total. The molecule has 88 valence electrons. The van der Waals surface area contributed by atoms with E-state index in [0.717, 1.165) is 18.8 Å². The fourth-order valence-electron chi connectivity index (χ4n) is 1.92. The van der Waals surface area contributed by atoms with Gasteiger partial charge in [0.05, 0.1) is 5.75 Å². The summed E-state index contributed by atoms with van der Waals surface area (Å²) in [5, 5.41) is 8.49. The molecule has 0 amide bonds. The van der Waals surface area contributed by atoms with Crippen molar-refractivity contribution in [3.8, 4) is 0 Å². The molecule has 0 aliphatic carbocycles. The maximum Gasteiger partial charge on any atom is 0.313 e. The molecule has 0 bridgehead atoms. The number of carbonyl (C=O) groups is 1. The predicted octanol–water partition coefficient (Wildman–Crippen LogP) is 1.48. The van der Waals surface area contributed by atoms with E-state index >= 15 is 0 Å². The second-order valence-electron chi connectivity index (χ2n) is 3.96. The van der Waals surface area contributed by atoms with Crippen LogP contribution < -0.4 is 0 Å². The van der Waals surface area contributed by atoms with Crippen molar-refractivity contribution in [1.29, 1.82) is 0 Å². The molecule has 0 spiro atoms. The van der Waals surface area contributed by atoms with E-state index in [9.17, 15) is 9.18 Å². The third-order valence-electron chi connectivity index (χ3n) is 2.59. The van der Waals surface area contributed by atoms with Crippen LogP contribution in [0.1, 0.15) is 13.3 Å². The van der Waals surface area contributed by atoms with Crippen molar-refractivity contribution in [3.05, 3.63) is 0 Å². The molecular weight excluding hydrogens is 217 g/mol. The number of carboxylic acid groups (broad SMARTS) is 1. The molecule has 1 fully saturated rings. The van der Waals surface area contributed by atoms with Crippen LogP contribution in [0.4, 0.5) is 4.39 Å². The standard InChI is InChI=1S/C10H18FNO2S/c1-2-12-4-8(3-9(11)5-12)6-15-7-10(13)14/h8-9H,2-7H2,1H3,(H,13,14). The van der Waals surface area contributed by atoms with Gasteiger partial charge in [-0.3, -0.25) is 4.79 Å². The van der Waals surface area contributed by atoms with Crippen molar-refractivity contribution in [2.45, 2.75) is 19.5 Å². The summed E-state index contributed by atoms with van der Waals surface area (Å²) in [6, 6.07) is 0. The van der Waals surface area contributed by atoms with E-state index in [1.165, 1.54) is 11.8 Å². The molecule has 1 aliphatic heterocycles. The molecule has 0 saturated carbocycles. The highest BCUT2D eigenvalue weighted by molar-refractivity contribution is 7.99. The van der Waals surface area contributed by atoms with Gasteiger partial charge in [0, 0.05) is 13.1 Å². The van der Waals surface area contributed by atoms with Gasteiger partial charge in [-0.15, -0.1) is 11.8 Å². The van der Waals surface area contributed by atoms with Gasteiger partial charge in [0.1, 0.15) is 6.17 Å². The van der Waals surface area contributed by atoms with Gasteiger partial charge in [0.15, 0.2) is 0 Å². The number of rotatable bonds is 5. The maximum atomic E-state index is 13.3. The second kappa shape index (κ2) is 6.33. The second-order valence-corrected chi connectivity index (χ2v) is 4.99. The highest BCUT2D eigenvalue weighted by atomic mass is 32.2. The van der Waals surface area contributed by atoms with Crippen molar-refractivity contribution in [1.82, 2.24) is 4.90 Å². The van der Waals surface area contributed by atoms with Crippen LogP contribution in [0.25, 0.3) is 0 Å². The Morgan fingerprint density at radius 3 is 2.93 bits per heavy atom. The number of aliphatic carboxylic acids is 1. The highest BCUT2D eigenvalue weighted by Gasteiger charge is 2.25. The Bertz CT molecular complexity index is 216. The lowest BCUT2D eigenvalue weighted by atomic mass is 9.99. The van der Waals surface area contributed by atoms with Gasteiger partial charge >= 0.3 is 5.97 Å². The van der Waals surface area contributed by atoms with Gasteiger partial charge in [-0.2, -0.15) is 0 Å². The molecule has 2 atom stereocenters. The highest BCUT2D eigenvalue weighted by Crippen LogP contribution is 2.22. The number of carboxylic acids is 1. The van der Waals surface area contributed by atoms with Gasteiger partial charge in [-0.05, 0) is 24.6 Å². The lowest BCUT2D eigenvalue weighted by Crippen LogP contribution is -2.42. The molecule has 0 radical (unpaired) electrons. The van der Waals surface area contributed by atoms with E-state index in [1.807, 2.05) is 6.92 Å². The van der Waals surface area contributed by atoms with Crippen molar-refractivity contribution in [3.63, 3.8) is 0 Å². The number of halogens is 1. The van der Waals surface area contributed by atoms with Crippen molar-refractivity contribution in [2.75, 3.05) is 31.1 Å². The van der Waals surface area contributed by atoms with Gasteiger partial charge in [-0.25, -0.2) is 4.39 Å². The normalized spacial score (nSPS) is 27.9. The average Bonchev–Trinajstić information content (AvgIpc) is 2.16. The van der Waals surface area contributed by atoms with E-state index in [1.54, 1.807) is 0 Å². The number of nitrogens with zero attached hydrogens (tertiary/aromatic N) is 1. The van der Waals surface area contributed by atoms with Crippen LogP contribution in [0, 0.1) is 5.92 Å². The SMILES string of the molecule is CCN1CC(F)CC(CSCC(=O)O)C1. The molecule has 1 aliphatic rings. The fourth-order valence-corrected chi connectivity index (χ4v) is 2.79.